The Morgan fingerprint density at radius 2 is 1.88 bits per heavy atom. The van der Waals surface area contributed by atoms with Gasteiger partial charge in [0, 0.05) is 26.7 Å². The minimum absolute atomic E-state index is 0. The predicted octanol–water partition coefficient (Wildman–Crippen LogP) is 3.89. The Balaban J connectivity index is 0.00000157. The maximum Gasteiger partial charge on any atom is 0.193 e. The van der Waals surface area contributed by atoms with Crippen molar-refractivity contribution in [3.63, 3.8) is 0 Å². The van der Waals surface area contributed by atoms with Gasteiger partial charge < -0.3 is 10.2 Å². The second kappa shape index (κ2) is 7.09. The van der Waals surface area contributed by atoms with E-state index in [0.29, 0.717) is 0 Å². The number of fused-ring (bicyclic) bond motifs is 4. The van der Waals surface area contributed by atoms with Crippen molar-refractivity contribution in [1.82, 2.24) is 10.2 Å². The lowest BCUT2D eigenvalue weighted by molar-refractivity contribution is 0.299. The van der Waals surface area contributed by atoms with Gasteiger partial charge in [-0.3, -0.25) is 4.99 Å². The predicted molar refractivity (Wildman–Crippen MR) is 114 cm³/mol. The van der Waals surface area contributed by atoms with Crippen molar-refractivity contribution in [3.05, 3.63) is 35.4 Å². The first kappa shape index (κ1) is 17.6. The average molecular weight is 451 g/mol. The van der Waals surface area contributed by atoms with Crippen molar-refractivity contribution in [2.75, 3.05) is 26.7 Å². The Morgan fingerprint density at radius 1 is 1.16 bits per heavy atom. The molecular formula is C21H30IN3. The summed E-state index contributed by atoms with van der Waals surface area (Å²) in [6.45, 7) is 3.55. The zero-order chi connectivity index (χ0) is 16.1. The largest absolute Gasteiger partial charge is 0.356 e. The summed E-state index contributed by atoms with van der Waals surface area (Å²) in [4.78, 5) is 7.13. The maximum absolute atomic E-state index is 4.60. The number of nitrogens with zero attached hydrogens (tertiary/aromatic N) is 2. The van der Waals surface area contributed by atoms with Gasteiger partial charge in [-0.25, -0.2) is 0 Å². The zero-order valence-electron chi connectivity index (χ0n) is 15.2. The van der Waals surface area contributed by atoms with Crippen LogP contribution >= 0.6 is 24.0 Å². The van der Waals surface area contributed by atoms with Gasteiger partial charge in [0.15, 0.2) is 5.96 Å². The molecular weight excluding hydrogens is 421 g/mol. The maximum atomic E-state index is 4.60. The number of nitrogens with one attached hydrogen (secondary N) is 1. The van der Waals surface area contributed by atoms with Crippen molar-refractivity contribution in [3.8, 4) is 0 Å². The van der Waals surface area contributed by atoms with Gasteiger partial charge in [-0.05, 0) is 60.0 Å². The Bertz CT molecular complexity index is 644. The fourth-order valence-electron chi connectivity index (χ4n) is 5.88. The molecule has 1 saturated heterocycles. The molecule has 1 heterocycles. The highest BCUT2D eigenvalue weighted by atomic mass is 127. The van der Waals surface area contributed by atoms with E-state index in [4.69, 9.17) is 0 Å². The number of rotatable bonds is 2. The van der Waals surface area contributed by atoms with Gasteiger partial charge >= 0.3 is 0 Å². The van der Waals surface area contributed by atoms with Crippen LogP contribution in [0.3, 0.4) is 0 Å². The molecule has 3 aliphatic carbocycles. The van der Waals surface area contributed by atoms with E-state index >= 15 is 0 Å². The Morgan fingerprint density at radius 3 is 2.60 bits per heavy atom. The summed E-state index contributed by atoms with van der Waals surface area (Å²) >= 11 is 0. The van der Waals surface area contributed by atoms with E-state index in [1.807, 2.05) is 7.05 Å². The number of guanidine groups is 1. The molecule has 0 spiro atoms. The third-order valence-corrected chi connectivity index (χ3v) is 7.18. The lowest BCUT2D eigenvalue weighted by atomic mass is 9.82. The van der Waals surface area contributed by atoms with E-state index in [9.17, 15) is 0 Å². The fraction of sp³-hybridized carbons (Fsp3) is 0.667. The monoisotopic (exact) mass is 451 g/mol. The molecule has 0 aromatic heterocycles. The Hall–Kier alpha value is -0.780. The molecule has 136 valence electrons. The molecule has 5 atom stereocenters. The molecule has 3 nitrogen and oxygen atoms in total. The first-order valence-corrected chi connectivity index (χ1v) is 9.88. The molecule has 0 bridgehead atoms. The molecule has 0 radical (unpaired) electrons. The standard InChI is InChI=1S/C21H29N3.HI/c1-22-21(24-12-15-7-2-3-8-16(15)13-24)23-11-19-18-10-14-6-4-5-9-17(14)20(18)19;/h4-6,9,15-16,18-20H,2-3,7-8,10-13H2,1H3,(H,22,23);1H. The van der Waals surface area contributed by atoms with Crippen LogP contribution in [0.1, 0.15) is 42.7 Å². The van der Waals surface area contributed by atoms with Crippen LogP contribution < -0.4 is 5.32 Å². The van der Waals surface area contributed by atoms with Crippen LogP contribution in [0.2, 0.25) is 0 Å². The number of aliphatic imine (C=N–C) groups is 1. The molecule has 1 aromatic rings. The summed E-state index contributed by atoms with van der Waals surface area (Å²) in [5, 5.41) is 3.72. The van der Waals surface area contributed by atoms with E-state index in [-0.39, 0.29) is 24.0 Å². The third-order valence-electron chi connectivity index (χ3n) is 7.18. The van der Waals surface area contributed by atoms with Crippen LogP contribution in [0.15, 0.2) is 29.3 Å². The molecule has 4 aliphatic rings. The molecule has 3 fully saturated rings. The van der Waals surface area contributed by atoms with Crippen LogP contribution in [-0.2, 0) is 6.42 Å². The second-order valence-electron chi connectivity index (χ2n) is 8.39. The zero-order valence-corrected chi connectivity index (χ0v) is 17.5. The summed E-state index contributed by atoms with van der Waals surface area (Å²) in [5.41, 5.74) is 3.22. The minimum Gasteiger partial charge on any atom is -0.356 e. The van der Waals surface area contributed by atoms with Crippen LogP contribution in [0.25, 0.3) is 0 Å². The molecule has 5 rings (SSSR count). The van der Waals surface area contributed by atoms with E-state index in [1.54, 1.807) is 11.1 Å². The third kappa shape index (κ3) is 3.08. The molecule has 2 saturated carbocycles. The van der Waals surface area contributed by atoms with Crippen LogP contribution in [0, 0.1) is 23.7 Å². The summed E-state index contributed by atoms with van der Waals surface area (Å²) in [6, 6.07) is 9.05. The molecule has 0 amide bonds. The number of hydrogen-bond donors (Lipinski definition) is 1. The van der Waals surface area contributed by atoms with E-state index in [2.05, 4.69) is 39.5 Å². The minimum atomic E-state index is 0. The van der Waals surface area contributed by atoms with Gasteiger partial charge in [-0.1, -0.05) is 37.1 Å². The summed E-state index contributed by atoms with van der Waals surface area (Å²) in [6.07, 6.45) is 7.03. The van der Waals surface area contributed by atoms with Crippen LogP contribution in [0.4, 0.5) is 0 Å². The topological polar surface area (TPSA) is 27.6 Å². The normalized spacial score (nSPS) is 35.5. The van der Waals surface area contributed by atoms with Gasteiger partial charge in [0.1, 0.15) is 0 Å². The summed E-state index contributed by atoms with van der Waals surface area (Å²) < 4.78 is 0. The second-order valence-corrected chi connectivity index (χ2v) is 8.39. The van der Waals surface area contributed by atoms with Crippen molar-refractivity contribution in [1.29, 1.82) is 0 Å². The van der Waals surface area contributed by atoms with Gasteiger partial charge in [0.05, 0.1) is 0 Å². The van der Waals surface area contributed by atoms with Gasteiger partial charge in [-0.2, -0.15) is 0 Å². The van der Waals surface area contributed by atoms with E-state index in [0.717, 1.165) is 42.1 Å². The fourth-order valence-corrected chi connectivity index (χ4v) is 5.88. The van der Waals surface area contributed by atoms with Crippen LogP contribution in [0.5, 0.6) is 0 Å². The van der Waals surface area contributed by atoms with Crippen molar-refractivity contribution in [2.45, 2.75) is 38.0 Å². The van der Waals surface area contributed by atoms with Crippen molar-refractivity contribution >= 4 is 29.9 Å². The molecule has 1 N–H and O–H groups in total. The van der Waals surface area contributed by atoms with Crippen molar-refractivity contribution < 1.29 is 0 Å². The van der Waals surface area contributed by atoms with Gasteiger partial charge in [-0.15, -0.1) is 24.0 Å². The number of benzene rings is 1. The Kier molecular flexibility index (Phi) is 5.00. The van der Waals surface area contributed by atoms with Gasteiger partial charge in [0.2, 0.25) is 0 Å². The molecule has 4 heteroatoms. The SMILES string of the molecule is CN=C(NCC1C2Cc3ccccc3C12)N1CC2CCCCC2C1.I. The smallest absolute Gasteiger partial charge is 0.193 e. The Labute approximate surface area is 168 Å². The first-order chi connectivity index (χ1) is 11.8. The molecule has 1 aliphatic heterocycles. The van der Waals surface area contributed by atoms with E-state index in [1.165, 1.54) is 45.2 Å². The number of halogens is 1. The highest BCUT2D eigenvalue weighted by Gasteiger charge is 2.55. The lowest BCUT2D eigenvalue weighted by Gasteiger charge is -2.22. The lowest BCUT2D eigenvalue weighted by Crippen LogP contribution is -2.41. The highest BCUT2D eigenvalue weighted by molar-refractivity contribution is 14.0. The number of likely N-dealkylation sites (tertiary alicyclic amines) is 1. The number of hydrogen-bond acceptors (Lipinski definition) is 1. The summed E-state index contributed by atoms with van der Waals surface area (Å²) in [7, 11) is 1.95. The van der Waals surface area contributed by atoms with Crippen LogP contribution in [-0.4, -0.2) is 37.5 Å². The van der Waals surface area contributed by atoms with Crippen molar-refractivity contribution in [2.24, 2.45) is 28.7 Å². The molecule has 5 unspecified atom stereocenters. The van der Waals surface area contributed by atoms with Gasteiger partial charge in [0.25, 0.3) is 0 Å². The first-order valence-electron chi connectivity index (χ1n) is 9.88. The molecule has 1 aromatic carbocycles. The average Bonchev–Trinajstić information content (AvgIpc) is 2.97. The quantitative estimate of drug-likeness (QED) is 0.420. The molecule has 25 heavy (non-hydrogen) atoms. The summed E-state index contributed by atoms with van der Waals surface area (Å²) in [5.74, 6) is 5.51. The van der Waals surface area contributed by atoms with E-state index < -0.39 is 0 Å². The highest BCUT2D eigenvalue weighted by Crippen LogP contribution is 2.60.